The van der Waals surface area contributed by atoms with Gasteiger partial charge < -0.3 is 9.64 Å². The molecule has 0 atom stereocenters. The summed E-state index contributed by atoms with van der Waals surface area (Å²) in [5, 5.41) is 0.574. The topological polar surface area (TPSA) is 25.4 Å². The minimum atomic E-state index is 0.377. The number of aromatic nitrogens is 1. The zero-order chi connectivity index (χ0) is 8.55. The number of alkyl halides is 1. The Kier molecular flexibility index (Phi) is 1.98. The van der Waals surface area contributed by atoms with E-state index < -0.39 is 0 Å². The standard InChI is InChI=1S/C7H6Cl2N2O/c8-3-11-4-12-6-1-5(9)2-10-7(6)11/h1-2H,3-4H2. The van der Waals surface area contributed by atoms with Crippen molar-refractivity contribution < 1.29 is 4.74 Å². The fourth-order valence-electron chi connectivity index (χ4n) is 1.06. The van der Waals surface area contributed by atoms with E-state index in [1.807, 2.05) is 4.90 Å². The fraction of sp³-hybridized carbons (Fsp3) is 0.286. The van der Waals surface area contributed by atoms with Crippen molar-refractivity contribution in [3.05, 3.63) is 17.3 Å². The molecule has 0 saturated carbocycles. The molecule has 1 aliphatic rings. The summed E-state index contributed by atoms with van der Waals surface area (Å²) in [5.41, 5.74) is 0. The van der Waals surface area contributed by atoms with Gasteiger partial charge in [0.2, 0.25) is 0 Å². The molecule has 2 heterocycles. The van der Waals surface area contributed by atoms with Gasteiger partial charge in [-0.25, -0.2) is 4.98 Å². The molecule has 0 spiro atoms. The van der Waals surface area contributed by atoms with E-state index >= 15 is 0 Å². The molecule has 0 bridgehead atoms. The Morgan fingerprint density at radius 2 is 2.50 bits per heavy atom. The van der Waals surface area contributed by atoms with Gasteiger partial charge in [-0.05, 0) is 0 Å². The number of nitrogens with zero attached hydrogens (tertiary/aromatic N) is 2. The van der Waals surface area contributed by atoms with Crippen LogP contribution in [0.2, 0.25) is 5.02 Å². The van der Waals surface area contributed by atoms with Crippen molar-refractivity contribution in [2.24, 2.45) is 0 Å². The lowest BCUT2D eigenvalue weighted by molar-refractivity contribution is 0.351. The van der Waals surface area contributed by atoms with Gasteiger partial charge in [0.25, 0.3) is 0 Å². The van der Waals surface area contributed by atoms with Crippen LogP contribution in [0.15, 0.2) is 12.3 Å². The monoisotopic (exact) mass is 204 g/mol. The van der Waals surface area contributed by atoms with Gasteiger partial charge in [0.1, 0.15) is 0 Å². The Balaban J connectivity index is 2.40. The molecular weight excluding hydrogens is 199 g/mol. The van der Waals surface area contributed by atoms with Crippen LogP contribution in [0, 0.1) is 0 Å². The molecular formula is C7H6Cl2N2O. The van der Waals surface area contributed by atoms with Crippen LogP contribution < -0.4 is 9.64 Å². The zero-order valence-electron chi connectivity index (χ0n) is 6.13. The quantitative estimate of drug-likeness (QED) is 0.518. The predicted molar refractivity (Wildman–Crippen MR) is 47.9 cm³/mol. The molecule has 5 heteroatoms. The number of ether oxygens (including phenoxy) is 1. The van der Waals surface area contributed by atoms with Crippen LogP contribution >= 0.6 is 23.2 Å². The summed E-state index contributed by atoms with van der Waals surface area (Å²) in [6.45, 7) is 0.451. The fourth-order valence-corrected chi connectivity index (χ4v) is 1.39. The van der Waals surface area contributed by atoms with E-state index in [4.69, 9.17) is 27.9 Å². The summed E-state index contributed by atoms with van der Waals surface area (Å²) in [6, 6.07) is 2.11. The predicted octanol–water partition coefficient (Wildman–Crippen LogP) is 2.09. The Bertz CT molecular complexity index is 305. The molecule has 1 aromatic rings. The Hall–Kier alpha value is -0.670. The van der Waals surface area contributed by atoms with Gasteiger partial charge in [0, 0.05) is 12.3 Å². The maximum absolute atomic E-state index is 5.72. The van der Waals surface area contributed by atoms with Crippen LogP contribution in [0.3, 0.4) is 0 Å². The van der Waals surface area contributed by atoms with Crippen molar-refractivity contribution in [2.75, 3.05) is 17.6 Å². The van der Waals surface area contributed by atoms with Gasteiger partial charge in [-0.1, -0.05) is 11.6 Å². The molecule has 64 valence electrons. The van der Waals surface area contributed by atoms with Crippen LogP contribution in [-0.4, -0.2) is 17.7 Å². The lowest BCUT2D eigenvalue weighted by Gasteiger charge is -2.09. The second-order valence-electron chi connectivity index (χ2n) is 2.41. The third-order valence-corrected chi connectivity index (χ3v) is 2.11. The highest BCUT2D eigenvalue weighted by Gasteiger charge is 2.20. The summed E-state index contributed by atoms with van der Waals surface area (Å²) in [5.74, 6) is 1.46. The molecule has 0 N–H and O–H groups in total. The van der Waals surface area contributed by atoms with E-state index in [1.165, 1.54) is 0 Å². The summed E-state index contributed by atoms with van der Waals surface area (Å²) in [4.78, 5) is 5.91. The summed E-state index contributed by atoms with van der Waals surface area (Å²) in [7, 11) is 0. The van der Waals surface area contributed by atoms with E-state index in [9.17, 15) is 0 Å². The van der Waals surface area contributed by atoms with Gasteiger partial charge in [-0.3, -0.25) is 0 Å². The van der Waals surface area contributed by atoms with Gasteiger partial charge in [-0.15, -0.1) is 11.6 Å². The summed E-state index contributed by atoms with van der Waals surface area (Å²) < 4.78 is 5.28. The Morgan fingerprint density at radius 1 is 1.67 bits per heavy atom. The lowest BCUT2D eigenvalue weighted by Crippen LogP contribution is -2.20. The first-order valence-electron chi connectivity index (χ1n) is 3.40. The number of pyridine rings is 1. The molecule has 1 aliphatic heterocycles. The maximum atomic E-state index is 5.72. The van der Waals surface area contributed by atoms with Crippen molar-refractivity contribution in [3.63, 3.8) is 0 Å². The molecule has 12 heavy (non-hydrogen) atoms. The molecule has 0 aromatic carbocycles. The molecule has 0 amide bonds. The molecule has 0 radical (unpaired) electrons. The average Bonchev–Trinajstić information content (AvgIpc) is 2.46. The molecule has 1 aromatic heterocycles. The van der Waals surface area contributed by atoms with Crippen LogP contribution in [0.1, 0.15) is 0 Å². The number of fused-ring (bicyclic) bond motifs is 1. The van der Waals surface area contributed by atoms with Crippen molar-refractivity contribution in [1.29, 1.82) is 0 Å². The van der Waals surface area contributed by atoms with E-state index in [2.05, 4.69) is 4.98 Å². The highest BCUT2D eigenvalue weighted by molar-refractivity contribution is 6.30. The molecule has 2 rings (SSSR count). The molecule has 0 aliphatic carbocycles. The third kappa shape index (κ3) is 1.19. The average molecular weight is 205 g/mol. The normalized spacial score (nSPS) is 14.3. The third-order valence-electron chi connectivity index (χ3n) is 1.62. The van der Waals surface area contributed by atoms with Gasteiger partial charge in [-0.2, -0.15) is 0 Å². The first-order chi connectivity index (χ1) is 5.81. The Labute approximate surface area is 79.9 Å². The van der Waals surface area contributed by atoms with Gasteiger partial charge >= 0.3 is 0 Å². The van der Waals surface area contributed by atoms with Crippen LogP contribution in [0.25, 0.3) is 0 Å². The van der Waals surface area contributed by atoms with Gasteiger partial charge in [0.05, 0.1) is 11.0 Å². The lowest BCUT2D eigenvalue weighted by atomic mass is 10.4. The molecule has 3 nitrogen and oxygen atoms in total. The van der Waals surface area contributed by atoms with E-state index in [-0.39, 0.29) is 0 Å². The number of hydrogen-bond acceptors (Lipinski definition) is 3. The highest BCUT2D eigenvalue weighted by atomic mass is 35.5. The first-order valence-corrected chi connectivity index (χ1v) is 4.32. The summed E-state index contributed by atoms with van der Waals surface area (Å²) in [6.07, 6.45) is 1.58. The smallest absolute Gasteiger partial charge is 0.175 e. The number of hydrogen-bond donors (Lipinski definition) is 0. The van der Waals surface area contributed by atoms with Crippen molar-refractivity contribution in [1.82, 2.24) is 4.98 Å². The van der Waals surface area contributed by atoms with E-state index in [0.717, 1.165) is 5.82 Å². The second kappa shape index (κ2) is 2.99. The minimum Gasteiger partial charge on any atom is -0.469 e. The van der Waals surface area contributed by atoms with Crippen molar-refractivity contribution >= 4 is 29.0 Å². The Morgan fingerprint density at radius 3 is 3.25 bits per heavy atom. The maximum Gasteiger partial charge on any atom is 0.175 e. The van der Waals surface area contributed by atoms with Crippen LogP contribution in [0.5, 0.6) is 5.75 Å². The van der Waals surface area contributed by atoms with Crippen LogP contribution in [-0.2, 0) is 0 Å². The second-order valence-corrected chi connectivity index (χ2v) is 3.08. The molecule has 0 fully saturated rings. The van der Waals surface area contributed by atoms with Crippen molar-refractivity contribution in [3.8, 4) is 5.75 Å². The molecule has 0 unspecified atom stereocenters. The number of anilines is 1. The van der Waals surface area contributed by atoms with Gasteiger partial charge in [0.15, 0.2) is 18.3 Å². The number of rotatable bonds is 1. The van der Waals surface area contributed by atoms with E-state index in [1.54, 1.807) is 12.3 Å². The summed E-state index contributed by atoms with van der Waals surface area (Å²) >= 11 is 11.4. The van der Waals surface area contributed by atoms with Crippen LogP contribution in [0.4, 0.5) is 5.82 Å². The largest absolute Gasteiger partial charge is 0.469 e. The number of halogens is 2. The minimum absolute atomic E-state index is 0.377. The molecule has 0 saturated heterocycles. The zero-order valence-corrected chi connectivity index (χ0v) is 7.64. The SMILES string of the molecule is ClCN1COc2cc(Cl)cnc21. The van der Waals surface area contributed by atoms with Crippen molar-refractivity contribution in [2.45, 2.75) is 0 Å². The van der Waals surface area contributed by atoms with E-state index in [0.29, 0.717) is 23.5 Å². The highest BCUT2D eigenvalue weighted by Crippen LogP contribution is 2.33. The first kappa shape index (κ1) is 7.95.